The van der Waals surface area contributed by atoms with Crippen LogP contribution in [0.2, 0.25) is 5.02 Å². The van der Waals surface area contributed by atoms with Crippen LogP contribution < -0.4 is 10.9 Å². The van der Waals surface area contributed by atoms with Gasteiger partial charge in [0, 0.05) is 49.3 Å². The number of benzene rings is 1. The molecule has 3 heterocycles. The summed E-state index contributed by atoms with van der Waals surface area (Å²) in [4.78, 5) is 25.4. The summed E-state index contributed by atoms with van der Waals surface area (Å²) in [6, 6.07) is 9.63. The maximum Gasteiger partial charge on any atom is 0.251 e. The zero-order valence-electron chi connectivity index (χ0n) is 17.7. The standard InChI is InChI=1S/C23H22ClN7O/c1-15-7-17(3-4-26-15)18-8-16(14-31-6-5-30(2)23(31)25)9-19(10-18)22(32)29-13-21-27-11-20(24)12-28-21/h3-12,25H,13-14H2,1-2H3,(H,29,32). The van der Waals surface area contributed by atoms with E-state index in [0.717, 1.165) is 22.4 Å². The number of nitrogens with zero attached hydrogens (tertiary/aromatic N) is 5. The van der Waals surface area contributed by atoms with E-state index in [-0.39, 0.29) is 12.5 Å². The van der Waals surface area contributed by atoms with Gasteiger partial charge in [-0.05, 0) is 53.9 Å². The Bertz CT molecular complexity index is 1320. The molecule has 0 aliphatic heterocycles. The molecule has 0 unspecified atom stereocenters. The number of aromatic nitrogens is 5. The van der Waals surface area contributed by atoms with Crippen molar-refractivity contribution in [3.05, 3.63) is 94.6 Å². The molecular weight excluding hydrogens is 426 g/mol. The van der Waals surface area contributed by atoms with E-state index >= 15 is 0 Å². The molecule has 2 N–H and O–H groups in total. The van der Waals surface area contributed by atoms with Crippen LogP contribution in [0.15, 0.2) is 61.3 Å². The molecule has 9 heteroatoms. The van der Waals surface area contributed by atoms with Gasteiger partial charge in [0.1, 0.15) is 5.82 Å². The first-order chi connectivity index (χ1) is 15.4. The maximum atomic E-state index is 13.0. The molecule has 162 valence electrons. The number of amides is 1. The summed E-state index contributed by atoms with van der Waals surface area (Å²) in [5.41, 5.74) is 4.58. The van der Waals surface area contributed by atoms with Crippen molar-refractivity contribution >= 4 is 17.5 Å². The first kappa shape index (κ1) is 21.5. The maximum absolute atomic E-state index is 13.0. The molecule has 0 saturated carbocycles. The van der Waals surface area contributed by atoms with Crippen LogP contribution in [0.4, 0.5) is 0 Å². The van der Waals surface area contributed by atoms with Crippen molar-refractivity contribution < 1.29 is 4.79 Å². The Kier molecular flexibility index (Phi) is 6.13. The van der Waals surface area contributed by atoms with Crippen LogP contribution >= 0.6 is 11.6 Å². The molecule has 1 aromatic carbocycles. The third-order valence-corrected chi connectivity index (χ3v) is 5.19. The van der Waals surface area contributed by atoms with Crippen LogP contribution in [-0.2, 0) is 20.1 Å². The number of pyridine rings is 1. The molecule has 32 heavy (non-hydrogen) atoms. The Balaban J connectivity index is 1.65. The number of hydrogen-bond donors (Lipinski definition) is 2. The minimum absolute atomic E-state index is 0.189. The van der Waals surface area contributed by atoms with Crippen molar-refractivity contribution in [1.29, 1.82) is 5.41 Å². The number of aryl methyl sites for hydroxylation is 2. The first-order valence-corrected chi connectivity index (χ1v) is 10.3. The van der Waals surface area contributed by atoms with Crippen molar-refractivity contribution in [2.45, 2.75) is 20.0 Å². The van der Waals surface area contributed by atoms with E-state index < -0.39 is 0 Å². The van der Waals surface area contributed by atoms with Crippen molar-refractivity contribution in [2.24, 2.45) is 7.05 Å². The molecule has 0 aliphatic carbocycles. The van der Waals surface area contributed by atoms with Gasteiger partial charge >= 0.3 is 0 Å². The summed E-state index contributed by atoms with van der Waals surface area (Å²) in [6.07, 6.45) is 8.43. The highest BCUT2D eigenvalue weighted by Gasteiger charge is 2.12. The molecule has 0 spiro atoms. The second-order valence-electron chi connectivity index (χ2n) is 7.47. The zero-order chi connectivity index (χ0) is 22.7. The monoisotopic (exact) mass is 447 g/mol. The average Bonchev–Trinajstić information content (AvgIpc) is 3.10. The van der Waals surface area contributed by atoms with Crippen LogP contribution in [0.25, 0.3) is 11.1 Å². The normalized spacial score (nSPS) is 10.8. The molecule has 4 rings (SSSR count). The Morgan fingerprint density at radius 3 is 2.56 bits per heavy atom. The summed E-state index contributed by atoms with van der Waals surface area (Å²) in [5.74, 6) is 0.240. The highest BCUT2D eigenvalue weighted by atomic mass is 35.5. The lowest BCUT2D eigenvalue weighted by Crippen LogP contribution is -2.25. The average molecular weight is 448 g/mol. The molecule has 0 saturated heterocycles. The summed E-state index contributed by atoms with van der Waals surface area (Å²) < 4.78 is 3.55. The zero-order valence-corrected chi connectivity index (χ0v) is 18.5. The fraction of sp³-hybridized carbons (Fsp3) is 0.174. The third-order valence-electron chi connectivity index (χ3n) is 5.00. The van der Waals surface area contributed by atoms with Crippen molar-refractivity contribution in [3.8, 4) is 11.1 Å². The van der Waals surface area contributed by atoms with Gasteiger partial charge in [0.25, 0.3) is 5.91 Å². The summed E-state index contributed by atoms with van der Waals surface area (Å²) in [6.45, 7) is 2.59. The summed E-state index contributed by atoms with van der Waals surface area (Å²) in [7, 11) is 1.83. The van der Waals surface area contributed by atoms with Gasteiger partial charge in [-0.3, -0.25) is 15.2 Å². The Morgan fingerprint density at radius 2 is 1.88 bits per heavy atom. The molecule has 4 aromatic rings. The van der Waals surface area contributed by atoms with E-state index in [1.54, 1.807) is 10.8 Å². The number of carbonyl (C=O) groups is 1. The van der Waals surface area contributed by atoms with Crippen molar-refractivity contribution in [2.75, 3.05) is 0 Å². The van der Waals surface area contributed by atoms with Crippen LogP contribution in [0, 0.1) is 12.3 Å². The Hall–Kier alpha value is -3.78. The largest absolute Gasteiger partial charge is 0.345 e. The van der Waals surface area contributed by atoms with E-state index in [2.05, 4.69) is 20.3 Å². The quantitative estimate of drug-likeness (QED) is 0.474. The molecule has 0 aliphatic rings. The van der Waals surface area contributed by atoms with E-state index in [1.807, 2.05) is 61.3 Å². The van der Waals surface area contributed by atoms with Gasteiger partial charge in [-0.1, -0.05) is 11.6 Å². The van der Waals surface area contributed by atoms with Gasteiger partial charge < -0.3 is 14.5 Å². The van der Waals surface area contributed by atoms with Gasteiger partial charge in [0.2, 0.25) is 5.62 Å². The lowest BCUT2D eigenvalue weighted by atomic mass is 9.99. The van der Waals surface area contributed by atoms with Gasteiger partial charge in [-0.15, -0.1) is 0 Å². The number of imidazole rings is 1. The van der Waals surface area contributed by atoms with Crippen molar-refractivity contribution in [3.63, 3.8) is 0 Å². The molecular formula is C23H22ClN7O. The van der Waals surface area contributed by atoms with Gasteiger partial charge in [0.15, 0.2) is 0 Å². The van der Waals surface area contributed by atoms with E-state index in [0.29, 0.717) is 28.6 Å². The smallest absolute Gasteiger partial charge is 0.251 e. The van der Waals surface area contributed by atoms with Crippen LogP contribution in [-0.4, -0.2) is 30.0 Å². The third kappa shape index (κ3) is 4.92. The number of hydrogen-bond acceptors (Lipinski definition) is 5. The molecule has 3 aromatic heterocycles. The van der Waals surface area contributed by atoms with Crippen molar-refractivity contribution in [1.82, 2.24) is 29.4 Å². The van der Waals surface area contributed by atoms with Gasteiger partial charge in [-0.2, -0.15) is 0 Å². The number of carbonyl (C=O) groups excluding carboxylic acids is 1. The second-order valence-corrected chi connectivity index (χ2v) is 7.90. The number of rotatable bonds is 6. The van der Waals surface area contributed by atoms with Crippen LogP contribution in [0.1, 0.15) is 27.4 Å². The minimum Gasteiger partial charge on any atom is -0.345 e. The summed E-state index contributed by atoms with van der Waals surface area (Å²) >= 11 is 5.82. The predicted octanol–water partition coefficient (Wildman–Crippen LogP) is 3.10. The first-order valence-electron chi connectivity index (χ1n) is 9.97. The molecule has 0 fully saturated rings. The van der Waals surface area contributed by atoms with E-state index in [4.69, 9.17) is 17.0 Å². The molecule has 8 nitrogen and oxygen atoms in total. The fourth-order valence-electron chi connectivity index (χ4n) is 3.35. The summed E-state index contributed by atoms with van der Waals surface area (Å²) in [5, 5.41) is 11.5. The lowest BCUT2D eigenvalue weighted by Gasteiger charge is -2.12. The minimum atomic E-state index is -0.235. The van der Waals surface area contributed by atoms with Crippen LogP contribution in [0.3, 0.4) is 0 Å². The molecule has 1 amide bonds. The molecule has 0 atom stereocenters. The van der Waals surface area contributed by atoms with Gasteiger partial charge in [0.05, 0.1) is 18.1 Å². The highest BCUT2D eigenvalue weighted by Crippen LogP contribution is 2.23. The number of halogens is 1. The SMILES string of the molecule is Cc1cc(-c2cc(Cn3ccn(C)c3=N)cc(C(=O)NCc3ncc(Cl)cn3)c2)ccn1. The van der Waals surface area contributed by atoms with Gasteiger partial charge in [-0.25, -0.2) is 9.97 Å². The second kappa shape index (κ2) is 9.15. The molecule has 0 radical (unpaired) electrons. The Labute approximate surface area is 190 Å². The molecule has 0 bridgehead atoms. The Morgan fingerprint density at radius 1 is 1.09 bits per heavy atom. The topological polar surface area (TPSA) is 101 Å². The highest BCUT2D eigenvalue weighted by molar-refractivity contribution is 6.30. The van der Waals surface area contributed by atoms with E-state index in [9.17, 15) is 4.79 Å². The van der Waals surface area contributed by atoms with Crippen LogP contribution in [0.5, 0.6) is 0 Å². The predicted molar refractivity (Wildman–Crippen MR) is 121 cm³/mol. The fourth-order valence-corrected chi connectivity index (χ4v) is 3.44. The number of nitrogens with one attached hydrogen (secondary N) is 2. The van der Waals surface area contributed by atoms with E-state index in [1.165, 1.54) is 12.4 Å². The lowest BCUT2D eigenvalue weighted by molar-refractivity contribution is 0.0950.